The van der Waals surface area contributed by atoms with Crippen LogP contribution in [-0.4, -0.2) is 12.2 Å². The molecule has 0 spiro atoms. The third-order valence-electron chi connectivity index (χ3n) is 3.43. The first kappa shape index (κ1) is 9.26. The number of ether oxygens (including phenoxy) is 1. The second-order valence-corrected chi connectivity index (χ2v) is 4.82. The van der Waals surface area contributed by atoms with E-state index in [1.54, 1.807) is 5.57 Å². The quantitative estimate of drug-likeness (QED) is 0.606. The topological polar surface area (TPSA) is 9.23 Å². The highest BCUT2D eigenvalue weighted by Crippen LogP contribution is 2.46. The predicted octanol–water partition coefficient (Wildman–Crippen LogP) is 3.16. The van der Waals surface area contributed by atoms with Crippen LogP contribution in [-0.2, 0) is 4.74 Å². The fourth-order valence-corrected chi connectivity index (χ4v) is 2.86. The first-order valence-electron chi connectivity index (χ1n) is 5.50. The van der Waals surface area contributed by atoms with Crippen LogP contribution in [0.3, 0.4) is 0 Å². The Morgan fingerprint density at radius 2 is 2.08 bits per heavy atom. The highest BCUT2D eigenvalue weighted by molar-refractivity contribution is 5.19. The van der Waals surface area contributed by atoms with Crippen molar-refractivity contribution in [1.82, 2.24) is 0 Å². The zero-order chi connectivity index (χ0) is 9.42. The fraction of sp³-hybridized carbons (Fsp3) is 0.833. The summed E-state index contributed by atoms with van der Waals surface area (Å²) in [6, 6.07) is 0. The minimum atomic E-state index is 0.378. The maximum atomic E-state index is 5.86. The van der Waals surface area contributed by atoms with Gasteiger partial charge in [0.2, 0.25) is 0 Å². The summed E-state index contributed by atoms with van der Waals surface area (Å²) in [5.74, 6) is 1.71. The van der Waals surface area contributed by atoms with Gasteiger partial charge in [0.05, 0.1) is 12.2 Å². The average Bonchev–Trinajstić information content (AvgIpc) is 2.62. The van der Waals surface area contributed by atoms with Crippen molar-refractivity contribution in [2.24, 2.45) is 11.8 Å². The third kappa shape index (κ3) is 1.80. The van der Waals surface area contributed by atoms with E-state index >= 15 is 0 Å². The van der Waals surface area contributed by atoms with Gasteiger partial charge in [-0.1, -0.05) is 11.6 Å². The number of rotatable bonds is 3. The van der Waals surface area contributed by atoms with Crippen LogP contribution in [0.1, 0.15) is 40.0 Å². The molecule has 0 amide bonds. The molecule has 0 aromatic rings. The van der Waals surface area contributed by atoms with Crippen molar-refractivity contribution in [2.75, 3.05) is 0 Å². The van der Waals surface area contributed by atoms with E-state index in [9.17, 15) is 0 Å². The molecular weight excluding hydrogens is 160 g/mol. The molecular formula is C12H20O. The zero-order valence-corrected chi connectivity index (χ0v) is 8.92. The monoisotopic (exact) mass is 180 g/mol. The molecule has 0 saturated heterocycles. The van der Waals surface area contributed by atoms with Crippen LogP contribution in [0.15, 0.2) is 11.6 Å². The molecule has 0 heterocycles. The Labute approximate surface area is 81.2 Å². The number of fused-ring (bicyclic) bond motifs is 2. The Hall–Kier alpha value is -0.300. The smallest absolute Gasteiger partial charge is 0.0584 e. The van der Waals surface area contributed by atoms with Gasteiger partial charge in [-0.3, -0.25) is 0 Å². The average molecular weight is 180 g/mol. The lowest BCUT2D eigenvalue weighted by molar-refractivity contribution is -0.0245. The van der Waals surface area contributed by atoms with Crippen molar-refractivity contribution in [3.63, 3.8) is 0 Å². The van der Waals surface area contributed by atoms with Gasteiger partial charge in [0.25, 0.3) is 0 Å². The predicted molar refractivity (Wildman–Crippen MR) is 54.6 cm³/mol. The highest BCUT2D eigenvalue weighted by atomic mass is 16.5. The largest absolute Gasteiger partial charge is 0.376 e. The molecule has 1 fully saturated rings. The van der Waals surface area contributed by atoms with Crippen LogP contribution in [0.4, 0.5) is 0 Å². The van der Waals surface area contributed by atoms with E-state index in [1.165, 1.54) is 19.3 Å². The molecule has 0 N–H and O–H groups in total. The first-order valence-corrected chi connectivity index (χ1v) is 5.50. The zero-order valence-electron chi connectivity index (χ0n) is 8.92. The maximum Gasteiger partial charge on any atom is 0.0584 e. The van der Waals surface area contributed by atoms with Gasteiger partial charge >= 0.3 is 0 Å². The summed E-state index contributed by atoms with van der Waals surface area (Å²) < 4.78 is 5.86. The third-order valence-corrected chi connectivity index (χ3v) is 3.43. The number of hydrogen-bond donors (Lipinski definition) is 0. The number of hydrogen-bond acceptors (Lipinski definition) is 1. The van der Waals surface area contributed by atoms with E-state index in [2.05, 4.69) is 26.8 Å². The molecule has 13 heavy (non-hydrogen) atoms. The van der Waals surface area contributed by atoms with Crippen molar-refractivity contribution in [2.45, 2.75) is 52.2 Å². The second-order valence-electron chi connectivity index (χ2n) is 4.82. The molecule has 0 radical (unpaired) electrons. The normalized spacial score (nSPS) is 34.0. The van der Waals surface area contributed by atoms with Crippen LogP contribution in [0, 0.1) is 11.8 Å². The maximum absolute atomic E-state index is 5.86. The van der Waals surface area contributed by atoms with Crippen molar-refractivity contribution in [3.05, 3.63) is 11.6 Å². The lowest BCUT2D eigenvalue weighted by atomic mass is 9.88. The molecule has 74 valence electrons. The molecule has 2 bridgehead atoms. The minimum Gasteiger partial charge on any atom is -0.376 e. The van der Waals surface area contributed by atoms with Crippen molar-refractivity contribution in [1.29, 1.82) is 0 Å². The molecule has 1 saturated carbocycles. The first-order chi connectivity index (χ1) is 6.16. The molecule has 3 unspecified atom stereocenters. The molecule has 0 aromatic heterocycles. The molecule has 1 heteroatoms. The Bertz CT molecular complexity index is 217. The van der Waals surface area contributed by atoms with Crippen molar-refractivity contribution < 1.29 is 4.74 Å². The molecule has 1 nitrogen and oxygen atoms in total. The summed E-state index contributed by atoms with van der Waals surface area (Å²) in [6.45, 7) is 6.50. The Kier molecular flexibility index (Phi) is 2.46. The summed E-state index contributed by atoms with van der Waals surface area (Å²) in [5.41, 5.74) is 1.69. The van der Waals surface area contributed by atoms with E-state index in [1.807, 2.05) is 0 Å². The summed E-state index contributed by atoms with van der Waals surface area (Å²) in [7, 11) is 0. The SMILES string of the molecule is CC(C)OC(C)C1CC2=CCC1C2. The Morgan fingerprint density at radius 3 is 2.54 bits per heavy atom. The van der Waals surface area contributed by atoms with Gasteiger partial charge in [-0.2, -0.15) is 0 Å². The molecule has 2 aliphatic carbocycles. The van der Waals surface area contributed by atoms with Crippen LogP contribution < -0.4 is 0 Å². The fourth-order valence-electron chi connectivity index (χ4n) is 2.86. The second kappa shape index (κ2) is 3.45. The summed E-state index contributed by atoms with van der Waals surface area (Å²) in [4.78, 5) is 0. The highest BCUT2D eigenvalue weighted by Gasteiger charge is 2.37. The standard InChI is InChI=1S/C12H20O/c1-8(2)13-9(3)12-7-10-4-5-11(12)6-10/h4,8-9,11-12H,5-7H2,1-3H3. The van der Waals surface area contributed by atoms with E-state index in [0.717, 1.165) is 11.8 Å². The molecule has 0 aliphatic heterocycles. The van der Waals surface area contributed by atoms with Crippen LogP contribution >= 0.6 is 0 Å². The van der Waals surface area contributed by atoms with Crippen molar-refractivity contribution >= 4 is 0 Å². The summed E-state index contributed by atoms with van der Waals surface area (Å²) >= 11 is 0. The van der Waals surface area contributed by atoms with E-state index in [4.69, 9.17) is 4.74 Å². The molecule has 2 aliphatic rings. The molecule has 3 atom stereocenters. The lowest BCUT2D eigenvalue weighted by Gasteiger charge is -2.27. The summed E-state index contributed by atoms with van der Waals surface area (Å²) in [5, 5.41) is 0. The van der Waals surface area contributed by atoms with E-state index < -0.39 is 0 Å². The van der Waals surface area contributed by atoms with Gasteiger partial charge in [-0.25, -0.2) is 0 Å². The van der Waals surface area contributed by atoms with Gasteiger partial charge < -0.3 is 4.74 Å². The van der Waals surface area contributed by atoms with Gasteiger partial charge in [0.1, 0.15) is 0 Å². The molecule has 2 rings (SSSR count). The van der Waals surface area contributed by atoms with Crippen LogP contribution in [0.2, 0.25) is 0 Å². The van der Waals surface area contributed by atoms with Gasteiger partial charge in [0.15, 0.2) is 0 Å². The Balaban J connectivity index is 1.91. The van der Waals surface area contributed by atoms with Gasteiger partial charge in [-0.15, -0.1) is 0 Å². The van der Waals surface area contributed by atoms with Gasteiger partial charge in [-0.05, 0) is 51.9 Å². The van der Waals surface area contributed by atoms with E-state index in [-0.39, 0.29) is 0 Å². The Morgan fingerprint density at radius 1 is 1.31 bits per heavy atom. The van der Waals surface area contributed by atoms with Gasteiger partial charge in [0, 0.05) is 0 Å². The summed E-state index contributed by atoms with van der Waals surface area (Å²) in [6.07, 6.45) is 7.24. The van der Waals surface area contributed by atoms with Crippen LogP contribution in [0.5, 0.6) is 0 Å². The molecule has 0 aromatic carbocycles. The lowest BCUT2D eigenvalue weighted by Crippen LogP contribution is -2.27. The van der Waals surface area contributed by atoms with Crippen LogP contribution in [0.25, 0.3) is 0 Å². The number of allylic oxidation sites excluding steroid dienone is 2. The van der Waals surface area contributed by atoms with E-state index in [0.29, 0.717) is 12.2 Å². The van der Waals surface area contributed by atoms with Crippen molar-refractivity contribution in [3.8, 4) is 0 Å². The minimum absolute atomic E-state index is 0.378.